The van der Waals surface area contributed by atoms with E-state index in [2.05, 4.69) is 67.5 Å². The second-order valence-corrected chi connectivity index (χ2v) is 7.98. The minimum absolute atomic E-state index is 0.632. The van der Waals surface area contributed by atoms with Crippen LogP contribution in [0.1, 0.15) is 6.42 Å². The Morgan fingerprint density at radius 3 is 2.52 bits per heavy atom. The molecule has 0 bridgehead atoms. The van der Waals surface area contributed by atoms with Crippen LogP contribution in [0, 0.1) is 0 Å². The molecule has 160 valence electrons. The molecule has 0 saturated heterocycles. The SMILES string of the molecule is CN(C)CCCOc1ccc(-c2cn3c(-c4cccc(N(C)C)c4)cnc3cn2)cn1. The van der Waals surface area contributed by atoms with Crippen molar-refractivity contribution in [1.82, 2.24) is 24.3 Å². The predicted octanol–water partition coefficient (Wildman–Crippen LogP) is 3.85. The summed E-state index contributed by atoms with van der Waals surface area (Å²) in [6, 6.07) is 12.3. The average Bonchev–Trinajstić information content (AvgIpc) is 3.20. The highest BCUT2D eigenvalue weighted by atomic mass is 16.5. The molecule has 7 nitrogen and oxygen atoms in total. The standard InChI is InChI=1S/C24H28N6O/c1-28(2)11-6-12-31-24-10-9-19(14-27-24)21-17-30-22(15-26-23(30)16-25-21)18-7-5-8-20(13-18)29(3)4/h5,7-10,13-17H,6,11-12H2,1-4H3. The molecular weight excluding hydrogens is 388 g/mol. The first kappa shape index (κ1) is 20.8. The van der Waals surface area contributed by atoms with Gasteiger partial charge in [0.15, 0.2) is 5.65 Å². The summed E-state index contributed by atoms with van der Waals surface area (Å²) in [7, 11) is 8.19. The van der Waals surface area contributed by atoms with Gasteiger partial charge in [-0.25, -0.2) is 9.97 Å². The maximum Gasteiger partial charge on any atom is 0.213 e. The lowest BCUT2D eigenvalue weighted by Crippen LogP contribution is -2.15. The lowest BCUT2D eigenvalue weighted by Gasteiger charge is -2.13. The van der Waals surface area contributed by atoms with Gasteiger partial charge in [0.25, 0.3) is 0 Å². The molecule has 1 aromatic carbocycles. The highest BCUT2D eigenvalue weighted by Crippen LogP contribution is 2.26. The van der Waals surface area contributed by atoms with Gasteiger partial charge < -0.3 is 14.5 Å². The lowest BCUT2D eigenvalue weighted by molar-refractivity contribution is 0.273. The number of benzene rings is 1. The third kappa shape index (κ3) is 4.83. The molecule has 0 aliphatic rings. The number of aromatic nitrogens is 4. The Bertz CT molecular complexity index is 1150. The summed E-state index contributed by atoms with van der Waals surface area (Å²) in [5, 5.41) is 0. The third-order valence-corrected chi connectivity index (χ3v) is 5.09. The fourth-order valence-corrected chi connectivity index (χ4v) is 3.37. The van der Waals surface area contributed by atoms with Crippen molar-refractivity contribution in [2.24, 2.45) is 0 Å². The molecule has 0 aliphatic carbocycles. The van der Waals surface area contributed by atoms with Gasteiger partial charge in [-0.15, -0.1) is 0 Å². The van der Waals surface area contributed by atoms with E-state index in [0.29, 0.717) is 12.5 Å². The third-order valence-electron chi connectivity index (χ3n) is 5.09. The van der Waals surface area contributed by atoms with E-state index < -0.39 is 0 Å². The minimum Gasteiger partial charge on any atom is -0.478 e. The van der Waals surface area contributed by atoms with E-state index in [0.717, 1.165) is 46.8 Å². The van der Waals surface area contributed by atoms with Crippen molar-refractivity contribution in [3.63, 3.8) is 0 Å². The van der Waals surface area contributed by atoms with Crippen molar-refractivity contribution in [3.05, 3.63) is 61.2 Å². The Balaban J connectivity index is 1.57. The van der Waals surface area contributed by atoms with Gasteiger partial charge in [-0.1, -0.05) is 12.1 Å². The molecule has 0 saturated carbocycles. The molecule has 4 aromatic rings. The highest BCUT2D eigenvalue weighted by molar-refractivity contribution is 5.69. The molecular formula is C24H28N6O. The van der Waals surface area contributed by atoms with E-state index in [-0.39, 0.29) is 0 Å². The molecule has 0 N–H and O–H groups in total. The van der Waals surface area contributed by atoms with E-state index in [1.807, 2.05) is 38.6 Å². The van der Waals surface area contributed by atoms with Crippen molar-refractivity contribution in [3.8, 4) is 28.4 Å². The molecule has 0 spiro atoms. The van der Waals surface area contributed by atoms with Gasteiger partial charge in [-0.3, -0.25) is 9.38 Å². The number of nitrogens with zero attached hydrogens (tertiary/aromatic N) is 6. The largest absolute Gasteiger partial charge is 0.478 e. The maximum atomic E-state index is 5.74. The molecule has 3 aromatic heterocycles. The second kappa shape index (κ2) is 9.14. The summed E-state index contributed by atoms with van der Waals surface area (Å²) < 4.78 is 7.81. The molecule has 0 amide bonds. The smallest absolute Gasteiger partial charge is 0.213 e. The number of hydrogen-bond donors (Lipinski definition) is 0. The predicted molar refractivity (Wildman–Crippen MR) is 125 cm³/mol. The van der Waals surface area contributed by atoms with Crippen molar-refractivity contribution in [2.45, 2.75) is 6.42 Å². The Morgan fingerprint density at radius 2 is 1.77 bits per heavy atom. The zero-order chi connectivity index (χ0) is 21.8. The summed E-state index contributed by atoms with van der Waals surface area (Å²) in [6.07, 6.45) is 8.46. The molecule has 31 heavy (non-hydrogen) atoms. The Hall–Kier alpha value is -3.45. The molecule has 0 aliphatic heterocycles. The average molecular weight is 417 g/mol. The number of imidazole rings is 1. The Morgan fingerprint density at radius 1 is 0.903 bits per heavy atom. The van der Waals surface area contributed by atoms with E-state index in [1.165, 1.54) is 0 Å². The van der Waals surface area contributed by atoms with E-state index >= 15 is 0 Å². The lowest BCUT2D eigenvalue weighted by atomic mass is 10.1. The fourth-order valence-electron chi connectivity index (χ4n) is 3.37. The Labute approximate surface area is 183 Å². The molecule has 7 heteroatoms. The molecule has 0 atom stereocenters. The van der Waals surface area contributed by atoms with Crippen LogP contribution in [-0.2, 0) is 0 Å². The van der Waals surface area contributed by atoms with Gasteiger partial charge in [-0.05, 0) is 38.7 Å². The zero-order valence-electron chi connectivity index (χ0n) is 18.5. The molecule has 0 unspecified atom stereocenters. The quantitative estimate of drug-likeness (QED) is 0.407. The summed E-state index contributed by atoms with van der Waals surface area (Å²) in [6.45, 7) is 1.64. The monoisotopic (exact) mass is 416 g/mol. The van der Waals surface area contributed by atoms with Gasteiger partial charge in [0, 0.05) is 55.9 Å². The van der Waals surface area contributed by atoms with Crippen molar-refractivity contribution >= 4 is 11.3 Å². The van der Waals surface area contributed by atoms with Crippen LogP contribution < -0.4 is 9.64 Å². The number of hydrogen-bond acceptors (Lipinski definition) is 6. The number of ether oxygens (including phenoxy) is 1. The zero-order valence-corrected chi connectivity index (χ0v) is 18.5. The summed E-state index contributed by atoms with van der Waals surface area (Å²) in [5.74, 6) is 0.632. The van der Waals surface area contributed by atoms with E-state index in [9.17, 15) is 0 Å². The van der Waals surface area contributed by atoms with Crippen LogP contribution in [0.15, 0.2) is 61.2 Å². The number of anilines is 1. The molecule has 0 radical (unpaired) electrons. The van der Waals surface area contributed by atoms with Gasteiger partial charge in [-0.2, -0.15) is 0 Å². The number of fused-ring (bicyclic) bond motifs is 1. The van der Waals surface area contributed by atoms with Gasteiger partial charge in [0.05, 0.1) is 30.4 Å². The topological polar surface area (TPSA) is 58.8 Å². The maximum absolute atomic E-state index is 5.74. The van der Waals surface area contributed by atoms with Crippen LogP contribution in [0.25, 0.3) is 28.2 Å². The molecule has 0 fully saturated rings. The van der Waals surface area contributed by atoms with Crippen LogP contribution in [0.5, 0.6) is 5.88 Å². The summed E-state index contributed by atoms with van der Waals surface area (Å²) >= 11 is 0. The Kier molecular flexibility index (Phi) is 6.13. The van der Waals surface area contributed by atoms with Gasteiger partial charge in [0.2, 0.25) is 5.88 Å². The van der Waals surface area contributed by atoms with Gasteiger partial charge in [0.1, 0.15) is 0 Å². The van der Waals surface area contributed by atoms with E-state index in [4.69, 9.17) is 4.74 Å². The summed E-state index contributed by atoms with van der Waals surface area (Å²) in [5.41, 5.74) is 5.85. The van der Waals surface area contributed by atoms with E-state index in [1.54, 1.807) is 12.4 Å². The number of rotatable bonds is 8. The molecule has 3 heterocycles. The van der Waals surface area contributed by atoms with Crippen molar-refractivity contribution in [1.29, 1.82) is 0 Å². The minimum atomic E-state index is 0.632. The second-order valence-electron chi connectivity index (χ2n) is 7.98. The van der Waals surface area contributed by atoms with Crippen molar-refractivity contribution < 1.29 is 4.74 Å². The van der Waals surface area contributed by atoms with Crippen molar-refractivity contribution in [2.75, 3.05) is 46.2 Å². The fraction of sp³-hybridized carbons (Fsp3) is 0.292. The van der Waals surface area contributed by atoms with Crippen LogP contribution in [0.2, 0.25) is 0 Å². The number of pyridine rings is 1. The molecule has 4 rings (SSSR count). The first-order chi connectivity index (χ1) is 15.0. The normalized spacial score (nSPS) is 11.3. The first-order valence-corrected chi connectivity index (χ1v) is 10.4. The van der Waals surface area contributed by atoms with Crippen LogP contribution in [-0.4, -0.2) is 65.6 Å². The van der Waals surface area contributed by atoms with Crippen LogP contribution >= 0.6 is 0 Å². The summed E-state index contributed by atoms with van der Waals surface area (Å²) in [4.78, 5) is 17.8. The van der Waals surface area contributed by atoms with Gasteiger partial charge >= 0.3 is 0 Å². The highest BCUT2D eigenvalue weighted by Gasteiger charge is 2.10. The van der Waals surface area contributed by atoms with Crippen LogP contribution in [0.3, 0.4) is 0 Å². The van der Waals surface area contributed by atoms with Crippen LogP contribution in [0.4, 0.5) is 5.69 Å². The first-order valence-electron chi connectivity index (χ1n) is 10.4.